The van der Waals surface area contributed by atoms with Crippen LogP contribution < -0.4 is 20.5 Å². The van der Waals surface area contributed by atoms with Crippen molar-refractivity contribution in [3.8, 4) is 17.7 Å². The zero-order valence-corrected chi connectivity index (χ0v) is 18.9. The van der Waals surface area contributed by atoms with Crippen molar-refractivity contribution in [1.29, 1.82) is 5.26 Å². The quantitative estimate of drug-likeness (QED) is 0.709. The molecular weight excluding hydrogens is 404 g/mol. The normalized spacial score (nSPS) is 18.7. The maximum atomic E-state index is 12.6. The molecule has 1 amide bonds. The zero-order valence-electron chi connectivity index (χ0n) is 18.9. The second kappa shape index (κ2) is 8.19. The van der Waals surface area contributed by atoms with Crippen LogP contribution in [0.1, 0.15) is 61.3 Å². The molecule has 1 aliphatic heterocycles. The minimum atomic E-state index is -0.539. The molecule has 0 radical (unpaired) electrons. The Bertz CT molecular complexity index is 1160. The first kappa shape index (κ1) is 21.7. The molecule has 1 atom stereocenters. The van der Waals surface area contributed by atoms with E-state index in [1.54, 1.807) is 25.4 Å². The van der Waals surface area contributed by atoms with Gasteiger partial charge in [0.2, 0.25) is 11.8 Å². The fraction of sp³-hybridized carbons (Fsp3) is 0.400. The molecular formula is C25H28N4O3. The van der Waals surface area contributed by atoms with Crippen LogP contribution in [-0.4, -0.2) is 24.6 Å². The number of pyridine rings is 1. The minimum absolute atomic E-state index is 0.140. The summed E-state index contributed by atoms with van der Waals surface area (Å²) in [5.74, 6) is -0.0840. The van der Waals surface area contributed by atoms with Crippen LogP contribution in [0, 0.1) is 23.7 Å². The monoisotopic (exact) mass is 432 g/mol. The number of hydrogen-bond acceptors (Lipinski definition) is 6. The molecule has 2 aromatic rings. The Morgan fingerprint density at radius 2 is 2.12 bits per heavy atom. The summed E-state index contributed by atoms with van der Waals surface area (Å²) in [6, 6.07) is 7.33. The molecule has 0 unspecified atom stereocenters. The van der Waals surface area contributed by atoms with Gasteiger partial charge in [0, 0.05) is 28.4 Å². The number of primary amides is 1. The summed E-state index contributed by atoms with van der Waals surface area (Å²) in [6.45, 7) is 6.57. The van der Waals surface area contributed by atoms with Gasteiger partial charge in [-0.3, -0.25) is 4.79 Å². The number of nitriles is 1. The number of anilines is 1. The molecule has 4 rings (SSSR count). The van der Waals surface area contributed by atoms with Crippen LogP contribution in [0.4, 0.5) is 5.69 Å². The van der Waals surface area contributed by atoms with E-state index in [0.29, 0.717) is 35.1 Å². The molecule has 1 aromatic carbocycles. The topological polar surface area (TPSA) is 110 Å². The average molecular weight is 433 g/mol. The maximum Gasteiger partial charge on any atom is 0.247 e. The summed E-state index contributed by atoms with van der Waals surface area (Å²) in [6.07, 6.45) is 5.23. The lowest BCUT2D eigenvalue weighted by Gasteiger charge is -2.38. The molecule has 3 N–H and O–H groups in total. The van der Waals surface area contributed by atoms with Gasteiger partial charge in [-0.1, -0.05) is 19.4 Å². The van der Waals surface area contributed by atoms with E-state index in [2.05, 4.69) is 23.3 Å². The van der Waals surface area contributed by atoms with Crippen molar-refractivity contribution in [2.24, 2.45) is 11.1 Å². The van der Waals surface area contributed by atoms with Gasteiger partial charge in [0.15, 0.2) is 0 Å². The van der Waals surface area contributed by atoms with E-state index in [9.17, 15) is 10.1 Å². The molecule has 2 heterocycles. The molecule has 1 saturated carbocycles. The number of nitrogens with one attached hydrogen (secondary N) is 1. The van der Waals surface area contributed by atoms with Gasteiger partial charge in [-0.15, -0.1) is 0 Å². The highest BCUT2D eigenvalue weighted by Gasteiger charge is 2.38. The van der Waals surface area contributed by atoms with E-state index in [1.807, 2.05) is 19.9 Å². The number of allylic oxidation sites excluding steroid dienone is 1. The number of nitrogens with zero attached hydrogens (tertiary/aromatic N) is 2. The molecule has 32 heavy (non-hydrogen) atoms. The number of carbonyl (C=O) groups excluding carboxylic acids is 1. The molecule has 1 aromatic heterocycles. The predicted octanol–water partition coefficient (Wildman–Crippen LogP) is 4.16. The number of aromatic nitrogens is 1. The fourth-order valence-electron chi connectivity index (χ4n) is 4.60. The lowest BCUT2D eigenvalue weighted by molar-refractivity contribution is -0.114. The Labute approximate surface area is 188 Å². The predicted molar refractivity (Wildman–Crippen MR) is 121 cm³/mol. The lowest BCUT2D eigenvalue weighted by atomic mass is 9.71. The maximum absolute atomic E-state index is 12.6. The van der Waals surface area contributed by atoms with Crippen molar-refractivity contribution in [2.45, 2.75) is 46.0 Å². The Hall–Kier alpha value is -3.53. The van der Waals surface area contributed by atoms with Crippen LogP contribution in [0.15, 0.2) is 35.7 Å². The summed E-state index contributed by atoms with van der Waals surface area (Å²) >= 11 is 0. The summed E-state index contributed by atoms with van der Waals surface area (Å²) in [5.41, 5.74) is 10.8. The van der Waals surface area contributed by atoms with E-state index in [-0.39, 0.29) is 5.41 Å². The van der Waals surface area contributed by atoms with Crippen molar-refractivity contribution in [3.05, 3.63) is 57.9 Å². The SMILES string of the molecule is COc1cc(C#N)ccc1[C@H]1C(C(N)=O)=C(C)Nc2c(C)cnc(OCC3(C)CCC3)c21. The minimum Gasteiger partial charge on any atom is -0.496 e. The second-order valence-electron chi connectivity index (χ2n) is 9.02. The lowest BCUT2D eigenvalue weighted by Crippen LogP contribution is -2.33. The Kier molecular flexibility index (Phi) is 5.55. The van der Waals surface area contributed by atoms with Crippen LogP contribution in [0.2, 0.25) is 0 Å². The number of methoxy groups -OCH3 is 1. The van der Waals surface area contributed by atoms with E-state index in [0.717, 1.165) is 35.2 Å². The van der Waals surface area contributed by atoms with Crippen molar-refractivity contribution in [2.75, 3.05) is 19.0 Å². The molecule has 0 bridgehead atoms. The molecule has 166 valence electrons. The van der Waals surface area contributed by atoms with Crippen molar-refractivity contribution < 1.29 is 14.3 Å². The second-order valence-corrected chi connectivity index (χ2v) is 9.02. The summed E-state index contributed by atoms with van der Waals surface area (Å²) in [5, 5.41) is 12.7. The van der Waals surface area contributed by atoms with Crippen molar-refractivity contribution >= 4 is 11.6 Å². The van der Waals surface area contributed by atoms with Crippen LogP contribution in [0.5, 0.6) is 11.6 Å². The molecule has 1 fully saturated rings. The number of amides is 1. The van der Waals surface area contributed by atoms with Crippen molar-refractivity contribution in [1.82, 2.24) is 4.98 Å². The summed E-state index contributed by atoms with van der Waals surface area (Å²) < 4.78 is 11.9. The molecule has 7 nitrogen and oxygen atoms in total. The number of hydrogen-bond donors (Lipinski definition) is 2. The molecule has 2 aliphatic rings. The number of benzene rings is 1. The van der Waals surface area contributed by atoms with Crippen molar-refractivity contribution in [3.63, 3.8) is 0 Å². The van der Waals surface area contributed by atoms with Gasteiger partial charge in [-0.2, -0.15) is 5.26 Å². The number of carbonyl (C=O) groups is 1. The number of nitrogens with two attached hydrogens (primary N) is 1. The number of ether oxygens (including phenoxy) is 2. The van der Waals surface area contributed by atoms with Crippen LogP contribution >= 0.6 is 0 Å². The highest BCUT2D eigenvalue weighted by atomic mass is 16.5. The third-order valence-electron chi connectivity index (χ3n) is 6.62. The van der Waals surface area contributed by atoms with Crippen LogP contribution in [0.3, 0.4) is 0 Å². The number of fused-ring (bicyclic) bond motifs is 1. The van der Waals surface area contributed by atoms with E-state index >= 15 is 0 Å². The highest BCUT2D eigenvalue weighted by Crippen LogP contribution is 2.49. The molecule has 0 spiro atoms. The largest absolute Gasteiger partial charge is 0.496 e. The number of rotatable bonds is 6. The van der Waals surface area contributed by atoms with E-state index < -0.39 is 11.8 Å². The molecule has 0 saturated heterocycles. The first-order valence-corrected chi connectivity index (χ1v) is 10.8. The van der Waals surface area contributed by atoms with Gasteiger partial charge < -0.3 is 20.5 Å². The van der Waals surface area contributed by atoms with Crippen LogP contribution in [0.25, 0.3) is 0 Å². The Balaban J connectivity index is 1.91. The summed E-state index contributed by atoms with van der Waals surface area (Å²) in [4.78, 5) is 17.2. The number of aryl methyl sites for hydroxylation is 1. The standard InChI is InChI=1S/C25H28N4O3/c1-14-12-28-24(32-13-25(3)8-5-9-25)21-20(19(23(27)30)15(2)29-22(14)21)17-7-6-16(11-26)10-18(17)31-4/h6-7,10,12,20,29H,5,8-9,13H2,1-4H3,(H2,27,30)/t20-/m0/s1. The first-order valence-electron chi connectivity index (χ1n) is 10.8. The third kappa shape index (κ3) is 3.66. The third-order valence-corrected chi connectivity index (χ3v) is 6.62. The fourth-order valence-corrected chi connectivity index (χ4v) is 4.60. The zero-order chi connectivity index (χ0) is 23.0. The Morgan fingerprint density at radius 3 is 2.72 bits per heavy atom. The highest BCUT2D eigenvalue weighted by molar-refractivity contribution is 5.98. The van der Waals surface area contributed by atoms with Gasteiger partial charge in [0.05, 0.1) is 42.5 Å². The average Bonchev–Trinajstić information content (AvgIpc) is 2.76. The van der Waals surface area contributed by atoms with Gasteiger partial charge in [0.1, 0.15) is 5.75 Å². The van der Waals surface area contributed by atoms with E-state index in [4.69, 9.17) is 15.2 Å². The Morgan fingerprint density at radius 1 is 1.38 bits per heavy atom. The molecule has 1 aliphatic carbocycles. The van der Waals surface area contributed by atoms with Gasteiger partial charge >= 0.3 is 0 Å². The van der Waals surface area contributed by atoms with Gasteiger partial charge in [-0.25, -0.2) is 4.98 Å². The van der Waals surface area contributed by atoms with Gasteiger partial charge in [-0.05, 0) is 44.4 Å². The van der Waals surface area contributed by atoms with Gasteiger partial charge in [0.25, 0.3) is 0 Å². The van der Waals surface area contributed by atoms with Crippen LogP contribution in [-0.2, 0) is 4.79 Å². The summed E-state index contributed by atoms with van der Waals surface area (Å²) in [7, 11) is 1.55. The smallest absolute Gasteiger partial charge is 0.247 e. The molecule has 7 heteroatoms. The first-order chi connectivity index (χ1) is 15.3. The van der Waals surface area contributed by atoms with E-state index in [1.165, 1.54) is 6.42 Å².